The summed E-state index contributed by atoms with van der Waals surface area (Å²) in [6.07, 6.45) is -4.07. The third kappa shape index (κ3) is 5.34. The standard InChI is InChI=1S/C18H23N5O9/c1-4-11(25)30-14-15(31-12(26)5-2)18(21-22-19,8-6-13(27)29-3)32-16(14)23-9-7-10(24)20-17(23)28/h7,9,14-16H,4-6,8H2,1-3H3,(H,20,24,28)/t14-,15+,16-,18+/m1/s1. The van der Waals surface area contributed by atoms with E-state index in [4.69, 9.17) is 14.2 Å². The summed E-state index contributed by atoms with van der Waals surface area (Å²) in [5, 5.41) is 3.63. The van der Waals surface area contributed by atoms with Crippen molar-refractivity contribution in [3.63, 3.8) is 0 Å². The molecule has 174 valence electrons. The van der Waals surface area contributed by atoms with E-state index < -0.39 is 53.3 Å². The average Bonchev–Trinajstić information content (AvgIpc) is 3.05. The van der Waals surface area contributed by atoms with Crippen molar-refractivity contribution in [1.82, 2.24) is 9.55 Å². The van der Waals surface area contributed by atoms with Crippen LogP contribution in [0.3, 0.4) is 0 Å². The maximum atomic E-state index is 12.4. The molecule has 4 atom stereocenters. The summed E-state index contributed by atoms with van der Waals surface area (Å²) in [6, 6.07) is 1.03. The van der Waals surface area contributed by atoms with Gasteiger partial charge in [-0.3, -0.25) is 28.7 Å². The van der Waals surface area contributed by atoms with Crippen LogP contribution in [0.1, 0.15) is 45.8 Å². The molecule has 1 aromatic rings. The van der Waals surface area contributed by atoms with Gasteiger partial charge in [-0.05, 0) is 12.0 Å². The highest BCUT2D eigenvalue weighted by molar-refractivity contribution is 5.71. The molecule has 0 aliphatic carbocycles. The lowest BCUT2D eigenvalue weighted by molar-refractivity contribution is -0.171. The summed E-state index contributed by atoms with van der Waals surface area (Å²) in [6.45, 7) is 3.03. The topological polar surface area (TPSA) is 192 Å². The van der Waals surface area contributed by atoms with Crippen molar-refractivity contribution in [2.75, 3.05) is 7.11 Å². The van der Waals surface area contributed by atoms with E-state index in [9.17, 15) is 29.5 Å². The fourth-order valence-electron chi connectivity index (χ4n) is 3.12. The number of aromatic nitrogens is 2. The van der Waals surface area contributed by atoms with Crippen LogP contribution >= 0.6 is 0 Å². The largest absolute Gasteiger partial charge is 0.469 e. The molecule has 14 nitrogen and oxygen atoms in total. The molecule has 2 rings (SSSR count). The molecule has 1 aliphatic heterocycles. The number of ether oxygens (including phenoxy) is 4. The molecule has 1 saturated heterocycles. The quantitative estimate of drug-likeness (QED) is 0.184. The number of H-pyrrole nitrogens is 1. The van der Waals surface area contributed by atoms with Crippen LogP contribution in [-0.4, -0.2) is 52.5 Å². The molecule has 2 heterocycles. The zero-order chi connectivity index (χ0) is 23.9. The Morgan fingerprint density at radius 1 is 1.22 bits per heavy atom. The van der Waals surface area contributed by atoms with E-state index in [0.717, 1.165) is 23.9 Å². The predicted molar refractivity (Wildman–Crippen MR) is 105 cm³/mol. The first kappa shape index (κ1) is 24.6. The summed E-state index contributed by atoms with van der Waals surface area (Å²) < 4.78 is 22.2. The van der Waals surface area contributed by atoms with Crippen LogP contribution in [0, 0.1) is 0 Å². The second-order valence-corrected chi connectivity index (χ2v) is 6.71. The molecule has 0 bridgehead atoms. The highest BCUT2D eigenvalue weighted by Crippen LogP contribution is 2.44. The number of nitrogens with zero attached hydrogens (tertiary/aromatic N) is 4. The smallest absolute Gasteiger partial charge is 0.330 e. The molecule has 1 N–H and O–H groups in total. The number of carbonyl (C=O) groups excluding carboxylic acids is 3. The SMILES string of the molecule is CCC(=O)O[C@H]1[C@H](n2ccc(=O)[nH]c2=O)O[C@](CCC(=O)OC)(N=[N+]=[N-])[C@H]1OC(=O)CC. The number of nitrogens with one attached hydrogen (secondary N) is 1. The van der Waals surface area contributed by atoms with E-state index in [1.807, 2.05) is 4.98 Å². The predicted octanol–water partition coefficient (Wildman–Crippen LogP) is 0.669. The van der Waals surface area contributed by atoms with Crippen LogP contribution in [0.25, 0.3) is 10.4 Å². The first-order chi connectivity index (χ1) is 15.2. The maximum absolute atomic E-state index is 12.4. The summed E-state index contributed by atoms with van der Waals surface area (Å²) >= 11 is 0. The third-order valence-electron chi connectivity index (χ3n) is 4.71. The average molecular weight is 453 g/mol. The summed E-state index contributed by atoms with van der Waals surface area (Å²) in [4.78, 5) is 64.7. The number of hydrogen-bond acceptors (Lipinski definition) is 10. The molecule has 0 aromatic carbocycles. The molecule has 14 heteroatoms. The lowest BCUT2D eigenvalue weighted by Gasteiger charge is -2.30. The van der Waals surface area contributed by atoms with Crippen molar-refractivity contribution in [1.29, 1.82) is 0 Å². The minimum atomic E-state index is -2.02. The van der Waals surface area contributed by atoms with Crippen LogP contribution < -0.4 is 11.2 Å². The van der Waals surface area contributed by atoms with Gasteiger partial charge >= 0.3 is 23.6 Å². The van der Waals surface area contributed by atoms with E-state index in [-0.39, 0.29) is 25.7 Å². The Labute approximate surface area is 181 Å². The molecule has 1 aliphatic rings. The minimum absolute atomic E-state index is 0.0607. The van der Waals surface area contributed by atoms with E-state index in [0.29, 0.717) is 0 Å². The van der Waals surface area contributed by atoms with Gasteiger partial charge in [-0.15, -0.1) is 0 Å². The zero-order valence-corrected chi connectivity index (χ0v) is 17.7. The maximum Gasteiger partial charge on any atom is 0.330 e. The molecule has 0 unspecified atom stereocenters. The molecule has 32 heavy (non-hydrogen) atoms. The van der Waals surface area contributed by atoms with Crippen molar-refractivity contribution in [3.8, 4) is 0 Å². The number of carbonyl (C=O) groups is 3. The number of esters is 3. The first-order valence-electron chi connectivity index (χ1n) is 9.72. The van der Waals surface area contributed by atoms with Gasteiger partial charge in [-0.1, -0.05) is 19.0 Å². The normalized spacial score (nSPS) is 24.3. The van der Waals surface area contributed by atoms with Crippen molar-refractivity contribution in [2.24, 2.45) is 5.11 Å². The Morgan fingerprint density at radius 2 is 1.88 bits per heavy atom. The van der Waals surface area contributed by atoms with E-state index >= 15 is 0 Å². The van der Waals surface area contributed by atoms with E-state index in [1.165, 1.54) is 13.8 Å². The molecular weight excluding hydrogens is 430 g/mol. The Bertz CT molecular complexity index is 1030. The molecule has 0 radical (unpaired) electrons. The van der Waals surface area contributed by atoms with Crippen molar-refractivity contribution in [3.05, 3.63) is 43.5 Å². The van der Waals surface area contributed by atoms with Gasteiger partial charge in [0.15, 0.2) is 24.2 Å². The third-order valence-corrected chi connectivity index (χ3v) is 4.71. The second-order valence-electron chi connectivity index (χ2n) is 6.71. The van der Waals surface area contributed by atoms with Gasteiger partial charge < -0.3 is 18.9 Å². The molecule has 0 amide bonds. The molecular formula is C18H23N5O9. The monoisotopic (exact) mass is 453 g/mol. The zero-order valence-electron chi connectivity index (χ0n) is 17.7. The number of azide groups is 1. The van der Waals surface area contributed by atoms with Crippen LogP contribution in [0.5, 0.6) is 0 Å². The molecule has 1 aromatic heterocycles. The Kier molecular flexibility index (Phi) is 8.15. The minimum Gasteiger partial charge on any atom is -0.469 e. The summed E-state index contributed by atoms with van der Waals surface area (Å²) in [5.74, 6) is -2.13. The molecule has 0 spiro atoms. The van der Waals surface area contributed by atoms with Crippen LogP contribution in [0.2, 0.25) is 0 Å². The Morgan fingerprint density at radius 3 is 2.44 bits per heavy atom. The highest BCUT2D eigenvalue weighted by atomic mass is 16.7. The van der Waals surface area contributed by atoms with Crippen LogP contribution in [-0.2, 0) is 33.3 Å². The second kappa shape index (κ2) is 10.6. The van der Waals surface area contributed by atoms with Gasteiger partial charge in [0, 0.05) is 36.4 Å². The van der Waals surface area contributed by atoms with Crippen molar-refractivity contribution in [2.45, 2.75) is 63.7 Å². The first-order valence-corrected chi connectivity index (χ1v) is 9.72. The lowest BCUT2D eigenvalue weighted by atomic mass is 9.99. The molecule has 0 saturated carbocycles. The number of rotatable bonds is 9. The van der Waals surface area contributed by atoms with Crippen LogP contribution in [0.15, 0.2) is 27.0 Å². The van der Waals surface area contributed by atoms with Crippen molar-refractivity contribution >= 4 is 17.9 Å². The van der Waals surface area contributed by atoms with Gasteiger partial charge in [-0.2, -0.15) is 0 Å². The fraction of sp³-hybridized carbons (Fsp3) is 0.611. The van der Waals surface area contributed by atoms with E-state index in [2.05, 4.69) is 14.8 Å². The van der Waals surface area contributed by atoms with Crippen molar-refractivity contribution < 1.29 is 33.3 Å². The Hall–Kier alpha value is -3.64. The van der Waals surface area contributed by atoms with Gasteiger partial charge in [0.05, 0.1) is 7.11 Å². The number of hydrogen-bond donors (Lipinski definition) is 1. The fourth-order valence-corrected chi connectivity index (χ4v) is 3.12. The van der Waals surface area contributed by atoms with Gasteiger partial charge in [0.25, 0.3) is 5.56 Å². The molecule has 1 fully saturated rings. The van der Waals surface area contributed by atoms with Gasteiger partial charge in [-0.25, -0.2) is 4.79 Å². The number of aromatic amines is 1. The van der Waals surface area contributed by atoms with Gasteiger partial charge in [0.2, 0.25) is 0 Å². The number of methoxy groups -OCH3 is 1. The van der Waals surface area contributed by atoms with Crippen LogP contribution in [0.4, 0.5) is 0 Å². The summed E-state index contributed by atoms with van der Waals surface area (Å²) in [5.41, 5.74) is 5.56. The Balaban J connectivity index is 2.66. The lowest BCUT2D eigenvalue weighted by Crippen LogP contribution is -2.46. The summed E-state index contributed by atoms with van der Waals surface area (Å²) in [7, 11) is 1.15. The van der Waals surface area contributed by atoms with Gasteiger partial charge in [0.1, 0.15) is 0 Å². The van der Waals surface area contributed by atoms with E-state index in [1.54, 1.807) is 0 Å². The highest BCUT2D eigenvalue weighted by Gasteiger charge is 2.60.